The highest BCUT2D eigenvalue weighted by Gasteiger charge is 2.35. The van der Waals surface area contributed by atoms with Crippen molar-refractivity contribution in [3.05, 3.63) is 34.6 Å². The SMILES string of the molecule is CC(NC1CCCC1(C)C)c1ccc(F)cc1Cl. The molecule has 2 rings (SSSR count). The third-order valence-corrected chi connectivity index (χ3v) is 4.46. The molecule has 1 aliphatic carbocycles. The largest absolute Gasteiger partial charge is 0.307 e. The van der Waals surface area contributed by atoms with Crippen LogP contribution < -0.4 is 5.32 Å². The molecule has 0 radical (unpaired) electrons. The highest BCUT2D eigenvalue weighted by Crippen LogP contribution is 2.38. The van der Waals surface area contributed by atoms with E-state index in [1.54, 1.807) is 6.07 Å². The zero-order valence-corrected chi connectivity index (χ0v) is 12.0. The van der Waals surface area contributed by atoms with Crippen molar-refractivity contribution < 1.29 is 4.39 Å². The molecule has 100 valence electrons. The lowest BCUT2D eigenvalue weighted by Crippen LogP contribution is -2.39. The number of hydrogen-bond acceptors (Lipinski definition) is 1. The van der Waals surface area contributed by atoms with Gasteiger partial charge in [0.05, 0.1) is 0 Å². The average Bonchev–Trinajstić information content (AvgIpc) is 2.58. The van der Waals surface area contributed by atoms with Crippen LogP contribution in [-0.4, -0.2) is 6.04 Å². The first-order valence-corrected chi connectivity index (χ1v) is 6.99. The van der Waals surface area contributed by atoms with Gasteiger partial charge in [-0.3, -0.25) is 0 Å². The Morgan fingerprint density at radius 2 is 2.17 bits per heavy atom. The van der Waals surface area contributed by atoms with Crippen LogP contribution >= 0.6 is 11.6 Å². The molecule has 1 N–H and O–H groups in total. The summed E-state index contributed by atoms with van der Waals surface area (Å²) in [6.07, 6.45) is 3.74. The Kier molecular flexibility index (Phi) is 3.98. The maximum absolute atomic E-state index is 13.0. The number of hydrogen-bond donors (Lipinski definition) is 1. The summed E-state index contributed by atoms with van der Waals surface area (Å²) in [5, 5.41) is 4.14. The fourth-order valence-corrected chi connectivity index (χ4v) is 3.21. The smallest absolute Gasteiger partial charge is 0.124 e. The summed E-state index contributed by atoms with van der Waals surface area (Å²) >= 11 is 6.10. The first-order valence-electron chi connectivity index (χ1n) is 6.61. The highest BCUT2D eigenvalue weighted by atomic mass is 35.5. The molecule has 1 aliphatic rings. The van der Waals surface area contributed by atoms with E-state index in [1.165, 1.54) is 31.4 Å². The topological polar surface area (TPSA) is 12.0 Å². The van der Waals surface area contributed by atoms with E-state index in [0.717, 1.165) is 5.56 Å². The Bertz CT molecular complexity index is 431. The second-order valence-corrected chi connectivity index (χ2v) is 6.39. The summed E-state index contributed by atoms with van der Waals surface area (Å²) in [6.45, 7) is 6.70. The van der Waals surface area contributed by atoms with Gasteiger partial charge < -0.3 is 5.32 Å². The molecular weight excluding hydrogens is 249 g/mol. The second kappa shape index (κ2) is 5.18. The fraction of sp³-hybridized carbons (Fsp3) is 0.600. The van der Waals surface area contributed by atoms with Gasteiger partial charge in [0, 0.05) is 17.1 Å². The lowest BCUT2D eigenvalue weighted by atomic mass is 9.86. The van der Waals surface area contributed by atoms with Gasteiger partial charge in [-0.15, -0.1) is 0 Å². The molecule has 1 aromatic rings. The van der Waals surface area contributed by atoms with Crippen LogP contribution in [0, 0.1) is 11.2 Å². The molecule has 0 aliphatic heterocycles. The van der Waals surface area contributed by atoms with Gasteiger partial charge in [0.25, 0.3) is 0 Å². The zero-order chi connectivity index (χ0) is 13.3. The number of nitrogens with one attached hydrogen (secondary N) is 1. The van der Waals surface area contributed by atoms with Crippen LogP contribution in [0.5, 0.6) is 0 Å². The van der Waals surface area contributed by atoms with Crippen LogP contribution in [0.2, 0.25) is 5.02 Å². The highest BCUT2D eigenvalue weighted by molar-refractivity contribution is 6.31. The predicted molar refractivity (Wildman–Crippen MR) is 74.4 cm³/mol. The maximum atomic E-state index is 13.0. The fourth-order valence-electron chi connectivity index (χ4n) is 2.88. The van der Waals surface area contributed by atoms with Crippen LogP contribution in [0.4, 0.5) is 4.39 Å². The van der Waals surface area contributed by atoms with Crippen molar-refractivity contribution in [2.45, 2.75) is 52.1 Å². The third kappa shape index (κ3) is 2.86. The van der Waals surface area contributed by atoms with Crippen molar-refractivity contribution >= 4 is 11.6 Å². The number of halogens is 2. The Morgan fingerprint density at radius 1 is 1.44 bits per heavy atom. The van der Waals surface area contributed by atoms with Gasteiger partial charge in [-0.25, -0.2) is 4.39 Å². The van der Waals surface area contributed by atoms with Crippen LogP contribution in [-0.2, 0) is 0 Å². The summed E-state index contributed by atoms with van der Waals surface area (Å²) in [5.41, 5.74) is 1.31. The van der Waals surface area contributed by atoms with Crippen molar-refractivity contribution in [1.82, 2.24) is 5.32 Å². The van der Waals surface area contributed by atoms with Crippen LogP contribution in [0.25, 0.3) is 0 Å². The molecule has 1 nitrogen and oxygen atoms in total. The van der Waals surface area contributed by atoms with Gasteiger partial charge in [0.2, 0.25) is 0 Å². The van der Waals surface area contributed by atoms with Gasteiger partial charge in [0.1, 0.15) is 5.82 Å². The molecule has 0 aromatic heterocycles. The summed E-state index contributed by atoms with van der Waals surface area (Å²) in [5.74, 6) is -0.280. The van der Waals surface area contributed by atoms with Crippen molar-refractivity contribution in [3.63, 3.8) is 0 Å². The molecule has 3 heteroatoms. The molecule has 1 aromatic carbocycles. The van der Waals surface area contributed by atoms with Crippen LogP contribution in [0.3, 0.4) is 0 Å². The first kappa shape index (κ1) is 13.8. The maximum Gasteiger partial charge on any atom is 0.124 e. The molecule has 0 bridgehead atoms. The first-order chi connectivity index (χ1) is 8.40. The van der Waals surface area contributed by atoms with Gasteiger partial charge in [-0.2, -0.15) is 0 Å². The van der Waals surface area contributed by atoms with E-state index in [4.69, 9.17) is 11.6 Å². The standard InChI is InChI=1S/C15H21ClFN/c1-10(12-7-6-11(17)9-13(12)16)18-14-5-4-8-15(14,2)3/h6-7,9-10,14,18H,4-5,8H2,1-3H3. The molecule has 0 heterocycles. The Balaban J connectivity index is 2.10. The zero-order valence-electron chi connectivity index (χ0n) is 11.3. The lowest BCUT2D eigenvalue weighted by molar-refractivity contribution is 0.266. The monoisotopic (exact) mass is 269 g/mol. The minimum absolute atomic E-state index is 0.153. The van der Waals surface area contributed by atoms with Gasteiger partial charge in [0.15, 0.2) is 0 Å². The van der Waals surface area contributed by atoms with Crippen molar-refractivity contribution in [3.8, 4) is 0 Å². The molecule has 0 spiro atoms. The molecule has 18 heavy (non-hydrogen) atoms. The van der Waals surface area contributed by atoms with E-state index in [1.807, 2.05) is 0 Å². The van der Waals surface area contributed by atoms with Gasteiger partial charge in [-0.05, 0) is 42.9 Å². The molecule has 0 amide bonds. The van der Waals surface area contributed by atoms with Crippen molar-refractivity contribution in [2.24, 2.45) is 5.41 Å². The Morgan fingerprint density at radius 3 is 2.72 bits per heavy atom. The average molecular weight is 270 g/mol. The summed E-state index contributed by atoms with van der Waals surface area (Å²) in [4.78, 5) is 0. The molecular formula is C15H21ClFN. The van der Waals surface area contributed by atoms with Gasteiger partial charge in [-0.1, -0.05) is 37.9 Å². The van der Waals surface area contributed by atoms with Crippen molar-refractivity contribution in [2.75, 3.05) is 0 Å². The quantitative estimate of drug-likeness (QED) is 0.838. The van der Waals surface area contributed by atoms with Gasteiger partial charge >= 0.3 is 0 Å². The number of rotatable bonds is 3. The molecule has 2 unspecified atom stereocenters. The normalized spacial score (nSPS) is 24.2. The van der Waals surface area contributed by atoms with Crippen molar-refractivity contribution in [1.29, 1.82) is 0 Å². The molecule has 1 fully saturated rings. The summed E-state index contributed by atoms with van der Waals surface area (Å²) < 4.78 is 13.0. The predicted octanol–water partition coefficient (Wildman–Crippen LogP) is 4.71. The van der Waals surface area contributed by atoms with E-state index >= 15 is 0 Å². The Hall–Kier alpha value is -0.600. The minimum atomic E-state index is -0.280. The van der Waals surface area contributed by atoms with Crippen LogP contribution in [0.15, 0.2) is 18.2 Å². The van der Waals surface area contributed by atoms with E-state index in [9.17, 15) is 4.39 Å². The Labute approximate surface area is 114 Å². The minimum Gasteiger partial charge on any atom is -0.307 e. The number of benzene rings is 1. The lowest BCUT2D eigenvalue weighted by Gasteiger charge is -2.31. The summed E-state index contributed by atoms with van der Waals surface area (Å²) in [7, 11) is 0. The molecule has 1 saturated carbocycles. The summed E-state index contributed by atoms with van der Waals surface area (Å²) in [6, 6.07) is 5.29. The third-order valence-electron chi connectivity index (χ3n) is 4.14. The van der Waals surface area contributed by atoms with E-state index in [-0.39, 0.29) is 11.9 Å². The van der Waals surface area contributed by atoms with E-state index < -0.39 is 0 Å². The van der Waals surface area contributed by atoms with E-state index in [2.05, 4.69) is 26.1 Å². The van der Waals surface area contributed by atoms with Crippen LogP contribution in [0.1, 0.15) is 51.6 Å². The molecule has 0 saturated heterocycles. The molecule has 2 atom stereocenters. The second-order valence-electron chi connectivity index (χ2n) is 5.99. The van der Waals surface area contributed by atoms with E-state index in [0.29, 0.717) is 16.5 Å².